The van der Waals surface area contributed by atoms with E-state index in [1.807, 2.05) is 43.3 Å². The SMILES string of the molecule is Cc1ccc(-c2noc(C3CC(=O)N(c4ccc(C)c(Cl)c4)C3)n2)cc1C. The van der Waals surface area contributed by atoms with E-state index in [0.29, 0.717) is 29.7 Å². The lowest BCUT2D eigenvalue weighted by Gasteiger charge is -2.17. The van der Waals surface area contributed by atoms with Crippen LogP contribution in [0.5, 0.6) is 0 Å². The fraction of sp³-hybridized carbons (Fsp3) is 0.286. The van der Waals surface area contributed by atoms with Crippen LogP contribution in [0.15, 0.2) is 40.9 Å². The van der Waals surface area contributed by atoms with Crippen molar-refractivity contribution in [2.45, 2.75) is 33.1 Å². The second-order valence-corrected chi connectivity index (χ2v) is 7.50. The van der Waals surface area contributed by atoms with Crippen LogP contribution in [0.3, 0.4) is 0 Å². The molecule has 138 valence electrons. The topological polar surface area (TPSA) is 59.2 Å². The van der Waals surface area contributed by atoms with E-state index in [2.05, 4.69) is 24.0 Å². The van der Waals surface area contributed by atoms with Crippen molar-refractivity contribution in [2.75, 3.05) is 11.4 Å². The van der Waals surface area contributed by atoms with Crippen LogP contribution in [-0.2, 0) is 4.79 Å². The number of amides is 1. The van der Waals surface area contributed by atoms with Gasteiger partial charge in [0.15, 0.2) is 0 Å². The number of halogens is 1. The number of nitrogens with zero attached hydrogens (tertiary/aromatic N) is 3. The molecule has 1 amide bonds. The van der Waals surface area contributed by atoms with Gasteiger partial charge in [0.1, 0.15) is 0 Å². The molecule has 0 spiro atoms. The Hall–Kier alpha value is -2.66. The highest BCUT2D eigenvalue weighted by Crippen LogP contribution is 2.33. The number of benzene rings is 2. The molecular formula is C21H20ClN3O2. The van der Waals surface area contributed by atoms with Crippen molar-refractivity contribution in [2.24, 2.45) is 0 Å². The van der Waals surface area contributed by atoms with E-state index in [1.54, 1.807) is 4.90 Å². The monoisotopic (exact) mass is 381 g/mol. The van der Waals surface area contributed by atoms with Gasteiger partial charge in [0.05, 0.1) is 5.92 Å². The molecule has 2 aromatic carbocycles. The number of hydrogen-bond acceptors (Lipinski definition) is 4. The first-order valence-corrected chi connectivity index (χ1v) is 9.28. The predicted octanol–water partition coefficient (Wildman–Crippen LogP) is 4.84. The Bertz CT molecular complexity index is 1030. The normalized spacial score (nSPS) is 17.0. The van der Waals surface area contributed by atoms with Crippen molar-refractivity contribution in [3.63, 3.8) is 0 Å². The lowest BCUT2D eigenvalue weighted by molar-refractivity contribution is -0.117. The average molecular weight is 382 g/mol. The van der Waals surface area contributed by atoms with Gasteiger partial charge in [-0.05, 0) is 55.7 Å². The molecule has 0 N–H and O–H groups in total. The summed E-state index contributed by atoms with van der Waals surface area (Å²) >= 11 is 6.21. The summed E-state index contributed by atoms with van der Waals surface area (Å²) in [6, 6.07) is 11.7. The van der Waals surface area contributed by atoms with Crippen LogP contribution in [-0.4, -0.2) is 22.6 Å². The Kier molecular flexibility index (Phi) is 4.48. The summed E-state index contributed by atoms with van der Waals surface area (Å²) in [5, 5.41) is 4.76. The second kappa shape index (κ2) is 6.82. The van der Waals surface area contributed by atoms with Crippen LogP contribution < -0.4 is 4.90 Å². The van der Waals surface area contributed by atoms with Crippen LogP contribution in [0.25, 0.3) is 11.4 Å². The van der Waals surface area contributed by atoms with Crippen LogP contribution >= 0.6 is 11.6 Å². The number of carbonyl (C=O) groups is 1. The standard InChI is InChI=1S/C21H20ClN3O2/c1-12-4-6-15(8-14(12)3)20-23-21(27-24-20)16-9-19(26)25(11-16)17-7-5-13(2)18(22)10-17/h4-8,10,16H,9,11H2,1-3H3. The van der Waals surface area contributed by atoms with Gasteiger partial charge in [-0.2, -0.15) is 4.98 Å². The highest BCUT2D eigenvalue weighted by atomic mass is 35.5. The summed E-state index contributed by atoms with van der Waals surface area (Å²) in [7, 11) is 0. The third kappa shape index (κ3) is 3.35. The van der Waals surface area contributed by atoms with Crippen molar-refractivity contribution in [1.29, 1.82) is 0 Å². The number of aromatic nitrogens is 2. The lowest BCUT2D eigenvalue weighted by Crippen LogP contribution is -2.24. The van der Waals surface area contributed by atoms with Gasteiger partial charge >= 0.3 is 0 Å². The van der Waals surface area contributed by atoms with Crippen molar-refractivity contribution in [1.82, 2.24) is 10.1 Å². The second-order valence-electron chi connectivity index (χ2n) is 7.09. The van der Waals surface area contributed by atoms with Crippen molar-refractivity contribution in [3.05, 3.63) is 64.0 Å². The van der Waals surface area contributed by atoms with E-state index in [4.69, 9.17) is 16.1 Å². The first-order chi connectivity index (χ1) is 12.9. The minimum atomic E-state index is -0.120. The fourth-order valence-corrected chi connectivity index (χ4v) is 3.45. The number of hydrogen-bond donors (Lipinski definition) is 0. The summed E-state index contributed by atoms with van der Waals surface area (Å²) in [6.07, 6.45) is 0.347. The van der Waals surface area contributed by atoms with E-state index in [0.717, 1.165) is 16.8 Å². The maximum atomic E-state index is 12.5. The molecular weight excluding hydrogens is 362 g/mol. The maximum Gasteiger partial charge on any atom is 0.232 e. The highest BCUT2D eigenvalue weighted by molar-refractivity contribution is 6.31. The highest BCUT2D eigenvalue weighted by Gasteiger charge is 2.35. The molecule has 0 saturated carbocycles. The molecule has 4 rings (SSSR count). The zero-order chi connectivity index (χ0) is 19.1. The summed E-state index contributed by atoms with van der Waals surface area (Å²) in [5.74, 6) is 0.964. The van der Waals surface area contributed by atoms with E-state index in [9.17, 15) is 4.79 Å². The molecule has 1 fully saturated rings. The third-order valence-corrected chi connectivity index (χ3v) is 5.56. The van der Waals surface area contributed by atoms with E-state index >= 15 is 0 Å². The molecule has 1 aliphatic rings. The van der Waals surface area contributed by atoms with E-state index in [1.165, 1.54) is 11.1 Å². The lowest BCUT2D eigenvalue weighted by atomic mass is 10.1. The van der Waals surface area contributed by atoms with Crippen molar-refractivity contribution < 1.29 is 9.32 Å². The Morgan fingerprint density at radius 1 is 1.07 bits per heavy atom. The van der Waals surface area contributed by atoms with E-state index < -0.39 is 0 Å². The zero-order valence-corrected chi connectivity index (χ0v) is 16.2. The molecule has 1 unspecified atom stereocenters. The molecule has 3 aromatic rings. The van der Waals surface area contributed by atoms with Crippen LogP contribution in [0.4, 0.5) is 5.69 Å². The largest absolute Gasteiger partial charge is 0.339 e. The van der Waals surface area contributed by atoms with Gasteiger partial charge in [0.2, 0.25) is 17.6 Å². The molecule has 1 atom stereocenters. The molecule has 27 heavy (non-hydrogen) atoms. The molecule has 0 bridgehead atoms. The average Bonchev–Trinajstić information content (AvgIpc) is 3.27. The molecule has 1 saturated heterocycles. The Labute approximate surface area is 163 Å². The Balaban J connectivity index is 1.56. The zero-order valence-electron chi connectivity index (χ0n) is 15.5. The van der Waals surface area contributed by atoms with Gasteiger partial charge in [-0.1, -0.05) is 35.0 Å². The van der Waals surface area contributed by atoms with Crippen LogP contribution in [0, 0.1) is 20.8 Å². The summed E-state index contributed by atoms with van der Waals surface area (Å²) in [5.41, 5.74) is 5.10. The molecule has 0 aliphatic carbocycles. The van der Waals surface area contributed by atoms with Crippen molar-refractivity contribution in [3.8, 4) is 11.4 Å². The minimum Gasteiger partial charge on any atom is -0.339 e. The van der Waals surface area contributed by atoms with Crippen LogP contribution in [0.2, 0.25) is 5.02 Å². The van der Waals surface area contributed by atoms with Gasteiger partial charge in [0.25, 0.3) is 0 Å². The Morgan fingerprint density at radius 2 is 1.85 bits per heavy atom. The smallest absolute Gasteiger partial charge is 0.232 e. The number of rotatable bonds is 3. The van der Waals surface area contributed by atoms with E-state index in [-0.39, 0.29) is 11.8 Å². The summed E-state index contributed by atoms with van der Waals surface area (Å²) < 4.78 is 5.48. The summed E-state index contributed by atoms with van der Waals surface area (Å²) in [4.78, 5) is 18.8. The first kappa shape index (κ1) is 17.7. The molecule has 6 heteroatoms. The van der Waals surface area contributed by atoms with Gasteiger partial charge in [0, 0.05) is 29.2 Å². The van der Waals surface area contributed by atoms with Crippen LogP contribution in [0.1, 0.15) is 34.9 Å². The predicted molar refractivity (Wildman–Crippen MR) is 105 cm³/mol. The van der Waals surface area contributed by atoms with Gasteiger partial charge in [-0.15, -0.1) is 0 Å². The third-order valence-electron chi connectivity index (χ3n) is 5.15. The molecule has 5 nitrogen and oxygen atoms in total. The van der Waals surface area contributed by atoms with Gasteiger partial charge in [-0.25, -0.2) is 0 Å². The maximum absolute atomic E-state index is 12.5. The van der Waals surface area contributed by atoms with Gasteiger partial charge < -0.3 is 9.42 Å². The number of anilines is 1. The summed E-state index contributed by atoms with van der Waals surface area (Å²) in [6.45, 7) is 6.57. The molecule has 0 radical (unpaired) electrons. The Morgan fingerprint density at radius 3 is 2.59 bits per heavy atom. The van der Waals surface area contributed by atoms with Crippen molar-refractivity contribution >= 4 is 23.2 Å². The van der Waals surface area contributed by atoms with Gasteiger partial charge in [-0.3, -0.25) is 4.79 Å². The molecule has 1 aromatic heterocycles. The number of aryl methyl sites for hydroxylation is 3. The molecule has 2 heterocycles. The minimum absolute atomic E-state index is 0.0332. The number of carbonyl (C=O) groups excluding carboxylic acids is 1. The first-order valence-electron chi connectivity index (χ1n) is 8.90. The molecule has 1 aliphatic heterocycles. The fourth-order valence-electron chi connectivity index (χ4n) is 3.27. The quantitative estimate of drug-likeness (QED) is 0.651.